The second-order valence-electron chi connectivity index (χ2n) is 5.79. The third-order valence-electron chi connectivity index (χ3n) is 4.81. The first kappa shape index (κ1) is 15.2. The molecule has 0 bridgehead atoms. The Balaban J connectivity index is 2.15. The summed E-state index contributed by atoms with van der Waals surface area (Å²) in [5, 5.41) is 3.70. The molecule has 2 rings (SSSR count). The number of ether oxygens (including phenoxy) is 1. The highest BCUT2D eigenvalue weighted by Crippen LogP contribution is 2.44. The smallest absolute Gasteiger partial charge is 0.216 e. The van der Waals surface area contributed by atoms with Crippen molar-refractivity contribution in [3.05, 3.63) is 18.1 Å². The molecule has 1 saturated carbocycles. The van der Waals surface area contributed by atoms with Crippen molar-refractivity contribution < 1.29 is 4.74 Å². The molecular weight excluding hydrogens is 250 g/mol. The van der Waals surface area contributed by atoms with E-state index in [9.17, 15) is 0 Å². The third kappa shape index (κ3) is 3.29. The van der Waals surface area contributed by atoms with Crippen molar-refractivity contribution in [2.75, 3.05) is 13.7 Å². The summed E-state index contributed by atoms with van der Waals surface area (Å²) in [6.07, 6.45) is 9.20. The van der Waals surface area contributed by atoms with Gasteiger partial charge >= 0.3 is 0 Å². The van der Waals surface area contributed by atoms with Crippen molar-refractivity contribution >= 4 is 0 Å². The molecule has 0 saturated heterocycles. The summed E-state index contributed by atoms with van der Waals surface area (Å²) in [5.74, 6) is 0.655. The number of methoxy groups -OCH3 is 1. The summed E-state index contributed by atoms with van der Waals surface area (Å²) in [6.45, 7) is 5.52. The average molecular weight is 277 g/mol. The molecule has 4 nitrogen and oxygen atoms in total. The zero-order chi connectivity index (χ0) is 14.4. The van der Waals surface area contributed by atoms with Crippen molar-refractivity contribution in [3.63, 3.8) is 0 Å². The number of hydrogen-bond donors (Lipinski definition) is 1. The Labute approximate surface area is 122 Å². The van der Waals surface area contributed by atoms with E-state index >= 15 is 0 Å². The first-order valence-corrected chi connectivity index (χ1v) is 7.82. The maximum atomic E-state index is 5.20. The van der Waals surface area contributed by atoms with E-state index in [2.05, 4.69) is 29.1 Å². The number of nitrogens with one attached hydrogen (secondary N) is 1. The Kier molecular flexibility index (Phi) is 5.35. The Hall–Kier alpha value is -1.16. The molecule has 1 fully saturated rings. The van der Waals surface area contributed by atoms with Crippen LogP contribution in [0, 0.1) is 5.41 Å². The molecule has 4 heteroatoms. The van der Waals surface area contributed by atoms with Gasteiger partial charge < -0.3 is 10.1 Å². The van der Waals surface area contributed by atoms with Gasteiger partial charge in [-0.1, -0.05) is 26.7 Å². The Morgan fingerprint density at radius 1 is 1.30 bits per heavy atom. The summed E-state index contributed by atoms with van der Waals surface area (Å²) < 4.78 is 5.20. The van der Waals surface area contributed by atoms with Gasteiger partial charge in [0.2, 0.25) is 5.88 Å². The highest BCUT2D eigenvalue weighted by Gasteiger charge is 2.39. The number of likely N-dealkylation sites (N-methyl/N-ethyl adjacent to an activating group) is 1. The van der Waals surface area contributed by atoms with Crippen LogP contribution < -0.4 is 10.1 Å². The molecule has 112 valence electrons. The fraction of sp³-hybridized carbons (Fsp3) is 0.750. The summed E-state index contributed by atoms with van der Waals surface area (Å²) in [4.78, 5) is 8.51. The summed E-state index contributed by atoms with van der Waals surface area (Å²) in [6, 6.07) is 2.46. The molecule has 1 N–H and O–H groups in total. The zero-order valence-corrected chi connectivity index (χ0v) is 13.0. The van der Waals surface area contributed by atoms with E-state index in [4.69, 9.17) is 4.74 Å². The number of aromatic nitrogens is 2. The Morgan fingerprint density at radius 3 is 2.65 bits per heavy atom. The van der Waals surface area contributed by atoms with Crippen molar-refractivity contribution in [1.29, 1.82) is 0 Å². The van der Waals surface area contributed by atoms with E-state index in [0.717, 1.165) is 18.7 Å². The molecule has 0 spiro atoms. The van der Waals surface area contributed by atoms with Crippen molar-refractivity contribution in [3.8, 4) is 5.88 Å². The summed E-state index contributed by atoms with van der Waals surface area (Å²) >= 11 is 0. The highest BCUT2D eigenvalue weighted by atomic mass is 16.5. The molecule has 1 aromatic rings. The molecule has 1 aliphatic rings. The Morgan fingerprint density at radius 2 is 2.05 bits per heavy atom. The molecule has 1 unspecified atom stereocenters. The molecule has 0 radical (unpaired) electrons. The van der Waals surface area contributed by atoms with E-state index < -0.39 is 0 Å². The van der Waals surface area contributed by atoms with E-state index in [1.54, 1.807) is 13.4 Å². The van der Waals surface area contributed by atoms with Gasteiger partial charge in [0.25, 0.3) is 0 Å². The van der Waals surface area contributed by atoms with Gasteiger partial charge in [-0.05, 0) is 31.2 Å². The number of hydrogen-bond acceptors (Lipinski definition) is 4. The zero-order valence-electron chi connectivity index (χ0n) is 13.0. The second kappa shape index (κ2) is 7.02. The van der Waals surface area contributed by atoms with E-state index in [-0.39, 0.29) is 0 Å². The molecule has 1 aliphatic carbocycles. The van der Waals surface area contributed by atoms with Crippen molar-refractivity contribution in [1.82, 2.24) is 15.3 Å². The van der Waals surface area contributed by atoms with Crippen LogP contribution in [0.5, 0.6) is 5.88 Å². The monoisotopic (exact) mass is 277 g/mol. The first-order chi connectivity index (χ1) is 9.74. The summed E-state index contributed by atoms with van der Waals surface area (Å²) in [5.41, 5.74) is 1.51. The minimum absolute atomic E-state index is 0.439. The standard InChI is InChI=1S/C16H27N3O/c1-4-16(8-6-7-9-16)14(17-5-2)10-13-11-15(20-3)19-12-18-13/h11-12,14,17H,4-10H2,1-3H3. The van der Waals surface area contributed by atoms with Gasteiger partial charge in [0.15, 0.2) is 0 Å². The lowest BCUT2D eigenvalue weighted by Gasteiger charge is -2.37. The van der Waals surface area contributed by atoms with Crippen LogP contribution in [0.25, 0.3) is 0 Å². The topological polar surface area (TPSA) is 47.0 Å². The van der Waals surface area contributed by atoms with Gasteiger partial charge in [0, 0.05) is 24.2 Å². The lowest BCUT2D eigenvalue weighted by atomic mass is 9.74. The van der Waals surface area contributed by atoms with Crippen LogP contribution in [0.2, 0.25) is 0 Å². The third-order valence-corrected chi connectivity index (χ3v) is 4.81. The van der Waals surface area contributed by atoms with Crippen LogP contribution in [0.4, 0.5) is 0 Å². The molecule has 20 heavy (non-hydrogen) atoms. The maximum absolute atomic E-state index is 5.20. The molecule has 0 aliphatic heterocycles. The van der Waals surface area contributed by atoms with Crippen molar-refractivity contribution in [2.45, 2.75) is 58.4 Å². The van der Waals surface area contributed by atoms with Gasteiger partial charge in [-0.3, -0.25) is 0 Å². The van der Waals surface area contributed by atoms with Crippen LogP contribution in [0.15, 0.2) is 12.4 Å². The molecule has 0 amide bonds. The van der Waals surface area contributed by atoms with Gasteiger partial charge in [-0.15, -0.1) is 0 Å². The van der Waals surface area contributed by atoms with Crippen molar-refractivity contribution in [2.24, 2.45) is 5.41 Å². The van der Waals surface area contributed by atoms with E-state index in [1.165, 1.54) is 32.1 Å². The van der Waals surface area contributed by atoms with Gasteiger partial charge in [-0.2, -0.15) is 0 Å². The minimum atomic E-state index is 0.439. The first-order valence-electron chi connectivity index (χ1n) is 7.82. The van der Waals surface area contributed by atoms with E-state index in [1.807, 2.05) is 6.07 Å². The quantitative estimate of drug-likeness (QED) is 0.832. The molecule has 1 heterocycles. The minimum Gasteiger partial charge on any atom is -0.481 e. The van der Waals surface area contributed by atoms with Gasteiger partial charge in [0.1, 0.15) is 6.33 Å². The molecule has 0 aromatic carbocycles. The molecule has 1 atom stereocenters. The fourth-order valence-electron chi connectivity index (χ4n) is 3.59. The number of nitrogens with zero attached hydrogens (tertiary/aromatic N) is 2. The van der Waals surface area contributed by atoms with Crippen LogP contribution in [-0.4, -0.2) is 29.7 Å². The molecular formula is C16H27N3O. The van der Waals surface area contributed by atoms with E-state index in [0.29, 0.717) is 17.3 Å². The van der Waals surface area contributed by atoms with Gasteiger partial charge in [-0.25, -0.2) is 9.97 Å². The van der Waals surface area contributed by atoms with Gasteiger partial charge in [0.05, 0.1) is 7.11 Å². The number of rotatable bonds is 7. The predicted octanol–water partition coefficient (Wildman–Crippen LogP) is 2.98. The van der Waals surface area contributed by atoms with Crippen LogP contribution >= 0.6 is 0 Å². The van der Waals surface area contributed by atoms with Crippen LogP contribution in [-0.2, 0) is 6.42 Å². The highest BCUT2D eigenvalue weighted by molar-refractivity contribution is 5.15. The van der Waals surface area contributed by atoms with Crippen LogP contribution in [0.1, 0.15) is 51.6 Å². The van der Waals surface area contributed by atoms with Crippen LogP contribution in [0.3, 0.4) is 0 Å². The lowest BCUT2D eigenvalue weighted by molar-refractivity contribution is 0.185. The Bertz CT molecular complexity index is 416. The fourth-order valence-corrected chi connectivity index (χ4v) is 3.59. The second-order valence-corrected chi connectivity index (χ2v) is 5.79. The SMILES string of the molecule is CCNC(Cc1cc(OC)ncn1)C1(CC)CCCC1. The summed E-state index contributed by atoms with van der Waals surface area (Å²) in [7, 11) is 1.65. The predicted molar refractivity (Wildman–Crippen MR) is 80.9 cm³/mol. The largest absolute Gasteiger partial charge is 0.481 e. The maximum Gasteiger partial charge on any atom is 0.216 e. The lowest BCUT2D eigenvalue weighted by Crippen LogP contribution is -2.45. The average Bonchev–Trinajstić information content (AvgIpc) is 2.97. The normalized spacial score (nSPS) is 18.9. The molecule has 1 aromatic heterocycles.